The average Bonchev–Trinajstić information content (AvgIpc) is 3.16. The number of ether oxygens (including phenoxy) is 3. The average molecular weight is 435 g/mol. The Morgan fingerprint density at radius 3 is 2.50 bits per heavy atom. The van der Waals surface area contributed by atoms with E-state index < -0.39 is 11.5 Å². The van der Waals surface area contributed by atoms with Crippen LogP contribution in [0.4, 0.5) is 0 Å². The molecule has 3 aromatic carbocycles. The van der Waals surface area contributed by atoms with Gasteiger partial charge in [0, 0.05) is 12.0 Å². The van der Waals surface area contributed by atoms with Crippen LogP contribution >= 0.6 is 0 Å². The van der Waals surface area contributed by atoms with Gasteiger partial charge >= 0.3 is 5.97 Å². The number of phenols is 1. The number of aromatic hydroxyl groups is 1. The third-order valence-electron chi connectivity index (χ3n) is 6.68. The van der Waals surface area contributed by atoms with E-state index in [0.717, 1.165) is 50.1 Å². The van der Waals surface area contributed by atoms with Crippen molar-refractivity contribution < 1.29 is 24.1 Å². The first-order valence-corrected chi connectivity index (χ1v) is 10.9. The van der Waals surface area contributed by atoms with Gasteiger partial charge in [0.05, 0.1) is 13.0 Å². The van der Waals surface area contributed by atoms with Gasteiger partial charge in [-0.3, -0.25) is 4.79 Å². The highest BCUT2D eigenvalue weighted by molar-refractivity contribution is 5.86. The Bertz CT molecular complexity index is 1170. The molecule has 3 aromatic rings. The predicted octanol–water partition coefficient (Wildman–Crippen LogP) is 5.52. The first kappa shape index (κ1) is 22.0. The molecule has 2 atom stereocenters. The summed E-state index contributed by atoms with van der Waals surface area (Å²) in [5.41, 5.74) is 3.82. The predicted molar refractivity (Wildman–Crippen MR) is 125 cm³/mol. The summed E-state index contributed by atoms with van der Waals surface area (Å²) >= 11 is 0. The topological polar surface area (TPSA) is 65.0 Å². The molecule has 0 saturated heterocycles. The number of esters is 1. The van der Waals surface area contributed by atoms with Gasteiger partial charge in [0.1, 0.15) is 29.5 Å². The van der Waals surface area contributed by atoms with Crippen LogP contribution < -0.4 is 9.47 Å². The summed E-state index contributed by atoms with van der Waals surface area (Å²) in [6.45, 7) is 9.68. The van der Waals surface area contributed by atoms with Gasteiger partial charge in [-0.05, 0) is 79.8 Å². The highest BCUT2D eigenvalue weighted by Gasteiger charge is 2.39. The molecule has 0 bridgehead atoms. The summed E-state index contributed by atoms with van der Waals surface area (Å²) in [7, 11) is 1.65. The summed E-state index contributed by atoms with van der Waals surface area (Å²) in [4.78, 5) is 12.9. The van der Waals surface area contributed by atoms with Crippen LogP contribution in [0.15, 0.2) is 36.4 Å². The minimum atomic E-state index is -0.659. The number of carbonyl (C=O) groups excluding carboxylic acids is 1. The summed E-state index contributed by atoms with van der Waals surface area (Å²) < 4.78 is 17.3. The Hall–Kier alpha value is -3.21. The minimum absolute atomic E-state index is 0.147. The number of rotatable bonds is 5. The lowest BCUT2D eigenvalue weighted by Gasteiger charge is -2.25. The molecule has 0 saturated carbocycles. The van der Waals surface area contributed by atoms with Crippen molar-refractivity contribution in [1.29, 1.82) is 0 Å². The summed E-state index contributed by atoms with van der Waals surface area (Å²) in [5, 5.41) is 12.5. The van der Waals surface area contributed by atoms with Crippen LogP contribution in [0.1, 0.15) is 47.6 Å². The third-order valence-corrected chi connectivity index (χ3v) is 6.68. The maximum atomic E-state index is 12.9. The van der Waals surface area contributed by atoms with Gasteiger partial charge in [-0.25, -0.2) is 0 Å². The normalized spacial score (nSPS) is 18.2. The van der Waals surface area contributed by atoms with Gasteiger partial charge in [-0.15, -0.1) is 0 Å². The van der Waals surface area contributed by atoms with Gasteiger partial charge in [0.15, 0.2) is 0 Å². The van der Waals surface area contributed by atoms with E-state index >= 15 is 0 Å². The van der Waals surface area contributed by atoms with Gasteiger partial charge < -0.3 is 19.3 Å². The van der Waals surface area contributed by atoms with Crippen molar-refractivity contribution in [3.63, 3.8) is 0 Å². The number of benzene rings is 3. The van der Waals surface area contributed by atoms with Crippen molar-refractivity contribution in [2.45, 2.75) is 52.6 Å². The lowest BCUT2D eigenvalue weighted by Crippen LogP contribution is -2.37. The highest BCUT2D eigenvalue weighted by Crippen LogP contribution is 2.45. The molecule has 1 heterocycles. The Balaban J connectivity index is 1.47. The van der Waals surface area contributed by atoms with Crippen molar-refractivity contribution in [3.05, 3.63) is 64.2 Å². The molecule has 0 aromatic heterocycles. The second-order valence-corrected chi connectivity index (χ2v) is 9.06. The van der Waals surface area contributed by atoms with Gasteiger partial charge in [0.2, 0.25) is 0 Å². The van der Waals surface area contributed by atoms with E-state index in [0.29, 0.717) is 12.2 Å². The van der Waals surface area contributed by atoms with Crippen LogP contribution in [0.25, 0.3) is 10.8 Å². The molecule has 0 radical (unpaired) electrons. The summed E-state index contributed by atoms with van der Waals surface area (Å²) in [6.07, 6.45) is 0.586. The molecule has 0 aliphatic carbocycles. The van der Waals surface area contributed by atoms with E-state index in [1.54, 1.807) is 7.11 Å². The van der Waals surface area contributed by atoms with Gasteiger partial charge in [-0.2, -0.15) is 0 Å². The molecular formula is C27H30O5. The molecule has 1 unspecified atom stereocenters. The summed E-state index contributed by atoms with van der Waals surface area (Å²) in [6, 6.07) is 11.8. The zero-order valence-corrected chi connectivity index (χ0v) is 19.5. The van der Waals surface area contributed by atoms with E-state index in [1.807, 2.05) is 71.0 Å². The number of hydrogen-bond donors (Lipinski definition) is 1. The number of methoxy groups -OCH3 is 1. The standard InChI is InChI=1S/C27H30O5/c1-15-16(2)25-23(18(4)24(15)28)13-27(5,32-25)14-31-26(29)17(3)19-7-8-21-12-22(30-6)10-9-20(21)11-19/h7-12,17,28H,13-14H2,1-6H3/t17-,27?/m0/s1. The Morgan fingerprint density at radius 1 is 1.09 bits per heavy atom. The van der Waals surface area contributed by atoms with Gasteiger partial charge in [0.25, 0.3) is 0 Å². The maximum absolute atomic E-state index is 12.9. The smallest absolute Gasteiger partial charge is 0.313 e. The Morgan fingerprint density at radius 2 is 1.78 bits per heavy atom. The van der Waals surface area contributed by atoms with Crippen LogP contribution in [-0.2, 0) is 16.0 Å². The molecule has 0 spiro atoms. The Kier molecular flexibility index (Phi) is 5.53. The number of phenolic OH excluding ortho intramolecular Hbond substituents is 1. The van der Waals surface area contributed by atoms with E-state index in [1.165, 1.54) is 0 Å². The van der Waals surface area contributed by atoms with E-state index in [2.05, 4.69) is 0 Å². The first-order valence-electron chi connectivity index (χ1n) is 10.9. The van der Waals surface area contributed by atoms with E-state index in [-0.39, 0.29) is 12.6 Å². The van der Waals surface area contributed by atoms with Crippen LogP contribution in [0, 0.1) is 20.8 Å². The van der Waals surface area contributed by atoms with E-state index in [4.69, 9.17) is 14.2 Å². The minimum Gasteiger partial charge on any atom is -0.507 e. The second-order valence-electron chi connectivity index (χ2n) is 9.06. The molecule has 5 heteroatoms. The number of hydrogen-bond acceptors (Lipinski definition) is 5. The molecule has 4 rings (SSSR count). The molecule has 0 fully saturated rings. The molecule has 1 aliphatic heterocycles. The molecule has 32 heavy (non-hydrogen) atoms. The fourth-order valence-corrected chi connectivity index (χ4v) is 4.38. The molecular weight excluding hydrogens is 404 g/mol. The Labute approximate surface area is 188 Å². The van der Waals surface area contributed by atoms with Crippen LogP contribution in [0.5, 0.6) is 17.2 Å². The van der Waals surface area contributed by atoms with Crippen molar-refractivity contribution in [2.75, 3.05) is 13.7 Å². The van der Waals surface area contributed by atoms with Crippen molar-refractivity contribution >= 4 is 16.7 Å². The largest absolute Gasteiger partial charge is 0.507 e. The second kappa shape index (κ2) is 8.05. The zero-order chi connectivity index (χ0) is 23.2. The van der Waals surface area contributed by atoms with Crippen LogP contribution in [0.3, 0.4) is 0 Å². The van der Waals surface area contributed by atoms with Crippen molar-refractivity contribution in [2.24, 2.45) is 0 Å². The molecule has 0 amide bonds. The molecule has 168 valence electrons. The van der Waals surface area contributed by atoms with Crippen molar-refractivity contribution in [1.82, 2.24) is 0 Å². The summed E-state index contributed by atoms with van der Waals surface area (Å²) in [5.74, 6) is 1.23. The zero-order valence-electron chi connectivity index (χ0n) is 19.5. The van der Waals surface area contributed by atoms with Crippen LogP contribution in [0.2, 0.25) is 0 Å². The number of fused-ring (bicyclic) bond motifs is 2. The lowest BCUT2D eigenvalue weighted by molar-refractivity contribution is -0.150. The lowest BCUT2D eigenvalue weighted by atomic mass is 9.93. The fourth-order valence-electron chi connectivity index (χ4n) is 4.38. The van der Waals surface area contributed by atoms with Crippen LogP contribution in [-0.4, -0.2) is 30.4 Å². The molecule has 1 N–H and O–H groups in total. The monoisotopic (exact) mass is 434 g/mol. The maximum Gasteiger partial charge on any atom is 0.313 e. The molecule has 1 aliphatic rings. The highest BCUT2D eigenvalue weighted by atomic mass is 16.6. The van der Waals surface area contributed by atoms with E-state index in [9.17, 15) is 9.90 Å². The first-order chi connectivity index (χ1) is 15.1. The fraction of sp³-hybridized carbons (Fsp3) is 0.370. The quantitative estimate of drug-likeness (QED) is 0.536. The third kappa shape index (κ3) is 3.77. The SMILES string of the molecule is COc1ccc2cc([C@H](C)C(=O)OCC3(C)Cc4c(C)c(O)c(C)c(C)c4O3)ccc2c1. The van der Waals surface area contributed by atoms with Crippen molar-refractivity contribution in [3.8, 4) is 17.2 Å². The molecule has 5 nitrogen and oxygen atoms in total. The van der Waals surface area contributed by atoms with Gasteiger partial charge in [-0.1, -0.05) is 24.3 Å². The number of carbonyl (C=O) groups is 1.